The number of anilines is 1. The van der Waals surface area contributed by atoms with E-state index in [0.717, 1.165) is 5.56 Å². The van der Waals surface area contributed by atoms with Crippen molar-refractivity contribution in [2.45, 2.75) is 11.4 Å². The Kier molecular flexibility index (Phi) is 3.54. The summed E-state index contributed by atoms with van der Waals surface area (Å²) in [6.07, 6.45) is 1.29. The number of para-hydroxylation sites is 1. The summed E-state index contributed by atoms with van der Waals surface area (Å²) in [5, 5.41) is 0. The van der Waals surface area contributed by atoms with E-state index in [1.54, 1.807) is 35.2 Å². The molecular weight excluding hydrogens is 359 g/mol. The van der Waals surface area contributed by atoms with Crippen LogP contribution in [-0.4, -0.2) is 14.8 Å². The van der Waals surface area contributed by atoms with Gasteiger partial charge in [0.2, 0.25) is 0 Å². The Morgan fingerprint density at radius 1 is 1.19 bits per heavy atom. The molecule has 0 amide bonds. The number of sulfonamides is 1. The van der Waals surface area contributed by atoms with Gasteiger partial charge in [0.25, 0.3) is 10.0 Å². The third-order valence-corrected chi connectivity index (χ3v) is 5.00. The zero-order valence-corrected chi connectivity index (χ0v) is 13.1. The van der Waals surface area contributed by atoms with Gasteiger partial charge in [-0.2, -0.15) is 8.42 Å². The average Bonchev–Trinajstić information content (AvgIpc) is 2.46. The summed E-state index contributed by atoms with van der Waals surface area (Å²) in [5.41, 5.74) is 1.40. The highest BCUT2D eigenvalue weighted by Crippen LogP contribution is 2.30. The third kappa shape index (κ3) is 2.71. The fourth-order valence-corrected chi connectivity index (χ4v) is 3.59. The van der Waals surface area contributed by atoms with Gasteiger partial charge in [0.1, 0.15) is 17.1 Å². The van der Waals surface area contributed by atoms with Crippen molar-refractivity contribution < 1.29 is 12.8 Å². The molecule has 0 radical (unpaired) electrons. The normalized spacial score (nSPS) is 15.8. The molecule has 0 saturated heterocycles. The molecule has 2 aromatic carbocycles. The van der Waals surface area contributed by atoms with Crippen LogP contribution in [0, 0.1) is 5.82 Å². The Morgan fingerprint density at radius 2 is 1.95 bits per heavy atom. The van der Waals surface area contributed by atoms with Gasteiger partial charge >= 0.3 is 0 Å². The summed E-state index contributed by atoms with van der Waals surface area (Å²) < 4.78 is 41.0. The average molecular weight is 369 g/mol. The lowest BCUT2D eigenvalue weighted by Gasteiger charge is -2.25. The number of nitrogens with zero attached hydrogens (tertiary/aromatic N) is 2. The maximum atomic E-state index is 13.3. The SMILES string of the molecule is O=S1(=O)N=CN(Cc2ccc(F)c(Br)c2)c2ccccc21. The molecule has 0 saturated carbocycles. The first-order valence-electron chi connectivity index (χ1n) is 6.07. The fourth-order valence-electron chi connectivity index (χ4n) is 2.11. The second kappa shape index (κ2) is 5.23. The van der Waals surface area contributed by atoms with Crippen LogP contribution in [0.3, 0.4) is 0 Å². The molecule has 0 N–H and O–H groups in total. The maximum absolute atomic E-state index is 13.3. The van der Waals surface area contributed by atoms with Crippen molar-refractivity contribution >= 4 is 38.0 Å². The number of halogens is 2. The molecule has 0 atom stereocenters. The van der Waals surface area contributed by atoms with Crippen LogP contribution in [0.25, 0.3) is 0 Å². The van der Waals surface area contributed by atoms with Crippen molar-refractivity contribution in [3.05, 3.63) is 58.3 Å². The van der Waals surface area contributed by atoms with Gasteiger partial charge in [-0.05, 0) is 45.8 Å². The van der Waals surface area contributed by atoms with Crippen LogP contribution in [0.15, 0.2) is 56.2 Å². The standard InChI is InChI=1S/C14H10BrFN2O2S/c15-11-7-10(5-6-12(11)16)8-18-9-17-21(19,20)14-4-2-1-3-13(14)18/h1-7,9H,8H2. The van der Waals surface area contributed by atoms with E-state index in [-0.39, 0.29) is 10.7 Å². The van der Waals surface area contributed by atoms with Gasteiger partial charge in [0.15, 0.2) is 0 Å². The number of benzene rings is 2. The van der Waals surface area contributed by atoms with E-state index < -0.39 is 10.0 Å². The molecule has 0 fully saturated rings. The van der Waals surface area contributed by atoms with Gasteiger partial charge in [0, 0.05) is 6.54 Å². The van der Waals surface area contributed by atoms with Crippen LogP contribution < -0.4 is 4.90 Å². The summed E-state index contributed by atoms with van der Waals surface area (Å²) in [6.45, 7) is 0.398. The van der Waals surface area contributed by atoms with Gasteiger partial charge in [-0.3, -0.25) is 0 Å². The van der Waals surface area contributed by atoms with Crippen LogP contribution in [0.5, 0.6) is 0 Å². The van der Waals surface area contributed by atoms with E-state index in [0.29, 0.717) is 16.7 Å². The van der Waals surface area contributed by atoms with E-state index in [2.05, 4.69) is 20.3 Å². The highest BCUT2D eigenvalue weighted by atomic mass is 79.9. The van der Waals surface area contributed by atoms with Crippen LogP contribution in [0.4, 0.5) is 10.1 Å². The van der Waals surface area contributed by atoms with Crippen LogP contribution in [0.2, 0.25) is 0 Å². The van der Waals surface area contributed by atoms with Crippen LogP contribution in [0.1, 0.15) is 5.56 Å². The van der Waals surface area contributed by atoms with Crippen molar-refractivity contribution in [3.8, 4) is 0 Å². The monoisotopic (exact) mass is 368 g/mol. The van der Waals surface area contributed by atoms with Crippen molar-refractivity contribution in [1.29, 1.82) is 0 Å². The Balaban J connectivity index is 1.99. The molecule has 0 unspecified atom stereocenters. The van der Waals surface area contributed by atoms with E-state index in [9.17, 15) is 12.8 Å². The topological polar surface area (TPSA) is 49.7 Å². The molecule has 1 aliphatic heterocycles. The Morgan fingerprint density at radius 3 is 2.71 bits per heavy atom. The molecule has 2 aromatic rings. The summed E-state index contributed by atoms with van der Waals surface area (Å²) in [6, 6.07) is 11.3. The predicted octanol–water partition coefficient (Wildman–Crippen LogP) is 3.33. The van der Waals surface area contributed by atoms with E-state index in [1.807, 2.05) is 0 Å². The predicted molar refractivity (Wildman–Crippen MR) is 82.4 cm³/mol. The van der Waals surface area contributed by atoms with Gasteiger partial charge in [-0.15, -0.1) is 4.40 Å². The summed E-state index contributed by atoms with van der Waals surface area (Å²) >= 11 is 3.14. The molecule has 0 bridgehead atoms. The lowest BCUT2D eigenvalue weighted by atomic mass is 10.2. The quantitative estimate of drug-likeness (QED) is 0.816. The van der Waals surface area contributed by atoms with Crippen LogP contribution in [-0.2, 0) is 16.6 Å². The zero-order chi connectivity index (χ0) is 15.0. The molecule has 7 heteroatoms. The smallest absolute Gasteiger partial charge is 0.285 e. The largest absolute Gasteiger partial charge is 0.326 e. The lowest BCUT2D eigenvalue weighted by Crippen LogP contribution is -2.26. The van der Waals surface area contributed by atoms with E-state index in [1.165, 1.54) is 18.5 Å². The first-order chi connectivity index (χ1) is 9.97. The highest BCUT2D eigenvalue weighted by molar-refractivity contribution is 9.10. The van der Waals surface area contributed by atoms with Gasteiger partial charge in [-0.25, -0.2) is 4.39 Å². The molecule has 1 heterocycles. The molecule has 0 aromatic heterocycles. The molecular formula is C14H10BrFN2O2S. The summed E-state index contributed by atoms with van der Waals surface area (Å²) in [5.74, 6) is -0.339. The Labute approximate surface area is 130 Å². The first kappa shape index (κ1) is 14.2. The van der Waals surface area contributed by atoms with Gasteiger partial charge < -0.3 is 4.90 Å². The van der Waals surface area contributed by atoms with Crippen molar-refractivity contribution in [2.24, 2.45) is 4.40 Å². The summed E-state index contributed by atoms with van der Waals surface area (Å²) in [7, 11) is -3.62. The lowest BCUT2D eigenvalue weighted by molar-refractivity contribution is 0.597. The maximum Gasteiger partial charge on any atom is 0.285 e. The minimum Gasteiger partial charge on any atom is -0.326 e. The second-order valence-corrected chi connectivity index (χ2v) is 7.00. The number of fused-ring (bicyclic) bond motifs is 1. The zero-order valence-electron chi connectivity index (χ0n) is 10.7. The fraction of sp³-hybridized carbons (Fsp3) is 0.0714. The number of hydrogen-bond donors (Lipinski definition) is 0. The highest BCUT2D eigenvalue weighted by Gasteiger charge is 2.24. The molecule has 4 nitrogen and oxygen atoms in total. The van der Waals surface area contributed by atoms with Crippen molar-refractivity contribution in [2.75, 3.05) is 4.90 Å². The number of rotatable bonds is 2. The molecule has 1 aliphatic rings. The molecule has 21 heavy (non-hydrogen) atoms. The van der Waals surface area contributed by atoms with Crippen molar-refractivity contribution in [3.63, 3.8) is 0 Å². The third-order valence-electron chi connectivity index (χ3n) is 3.11. The Bertz CT molecular complexity index is 837. The van der Waals surface area contributed by atoms with E-state index >= 15 is 0 Å². The van der Waals surface area contributed by atoms with Gasteiger partial charge in [-0.1, -0.05) is 18.2 Å². The van der Waals surface area contributed by atoms with E-state index in [4.69, 9.17) is 0 Å². The molecule has 0 aliphatic carbocycles. The first-order valence-corrected chi connectivity index (χ1v) is 8.31. The number of hydrogen-bond acceptors (Lipinski definition) is 3. The van der Waals surface area contributed by atoms with Crippen molar-refractivity contribution in [1.82, 2.24) is 0 Å². The van der Waals surface area contributed by atoms with Crippen LogP contribution >= 0.6 is 15.9 Å². The second-order valence-electron chi connectivity index (χ2n) is 4.54. The molecule has 0 spiro atoms. The van der Waals surface area contributed by atoms with Gasteiger partial charge in [0.05, 0.1) is 10.2 Å². The minimum absolute atomic E-state index is 0.175. The Hall–Kier alpha value is -1.73. The molecule has 108 valence electrons. The summed E-state index contributed by atoms with van der Waals surface area (Å²) in [4.78, 5) is 1.89. The minimum atomic E-state index is -3.62. The molecule has 3 rings (SSSR count).